The number of ether oxygens (including phenoxy) is 1. The highest BCUT2D eigenvalue weighted by Crippen LogP contribution is 2.11. The molecule has 1 rings (SSSR count). The first-order chi connectivity index (χ1) is 12.2. The lowest BCUT2D eigenvalue weighted by Crippen LogP contribution is -2.50. The number of nitrogens with one attached hydrogen (secondary N) is 2. The van der Waals surface area contributed by atoms with Crippen LogP contribution in [0.2, 0.25) is 0 Å². The summed E-state index contributed by atoms with van der Waals surface area (Å²) in [5.41, 5.74) is -0.429. The lowest BCUT2D eigenvalue weighted by Gasteiger charge is -2.35. The predicted molar refractivity (Wildman–Crippen MR) is 123 cm³/mol. The average molecular weight is 497 g/mol. The molecule has 1 fully saturated rings. The molecule has 0 aromatic carbocycles. The Bertz CT molecular complexity index is 444. The van der Waals surface area contributed by atoms with Gasteiger partial charge in [-0.2, -0.15) is 0 Å². The van der Waals surface area contributed by atoms with Gasteiger partial charge in [0.2, 0.25) is 0 Å². The molecule has 0 saturated carbocycles. The van der Waals surface area contributed by atoms with Gasteiger partial charge in [0, 0.05) is 45.8 Å². The fourth-order valence-corrected chi connectivity index (χ4v) is 2.61. The van der Waals surface area contributed by atoms with Gasteiger partial charge in [-0.15, -0.1) is 24.0 Å². The molecule has 0 radical (unpaired) electrons. The molecule has 160 valence electrons. The molecule has 1 amide bonds. The van der Waals surface area contributed by atoms with Gasteiger partial charge in [-0.1, -0.05) is 13.8 Å². The molecule has 2 N–H and O–H groups in total. The van der Waals surface area contributed by atoms with Crippen LogP contribution in [0.4, 0.5) is 4.79 Å². The van der Waals surface area contributed by atoms with Crippen molar-refractivity contribution in [3.8, 4) is 0 Å². The van der Waals surface area contributed by atoms with Crippen molar-refractivity contribution in [1.29, 1.82) is 0 Å². The number of halogens is 1. The Morgan fingerprint density at radius 3 is 2.30 bits per heavy atom. The van der Waals surface area contributed by atoms with Crippen molar-refractivity contribution in [3.63, 3.8) is 0 Å². The van der Waals surface area contributed by atoms with Crippen LogP contribution < -0.4 is 10.6 Å². The summed E-state index contributed by atoms with van der Waals surface area (Å²) < 4.78 is 5.44. The van der Waals surface area contributed by atoms with Crippen LogP contribution in [0.5, 0.6) is 0 Å². The quantitative estimate of drug-likeness (QED) is 0.245. The van der Waals surface area contributed by atoms with E-state index in [1.54, 1.807) is 0 Å². The maximum atomic E-state index is 12.1. The van der Waals surface area contributed by atoms with Crippen LogP contribution in [0, 0.1) is 5.92 Å². The van der Waals surface area contributed by atoms with Gasteiger partial charge < -0.3 is 20.3 Å². The molecule has 0 aromatic rings. The minimum absolute atomic E-state index is 0. The van der Waals surface area contributed by atoms with E-state index in [2.05, 4.69) is 41.3 Å². The lowest BCUT2D eigenvalue weighted by atomic mass is 10.2. The standard InChI is InChI=1S/C19H39N5O2.HI/c1-7-20-17(22-15-16(2)3)21-9-8-10-23-11-13-24(14-12-23)18(25)26-19(4,5)6;/h16H,7-15H2,1-6H3,(H2,20,21,22);1H. The molecule has 0 bridgehead atoms. The fourth-order valence-electron chi connectivity index (χ4n) is 2.61. The molecule has 0 spiro atoms. The predicted octanol–water partition coefficient (Wildman–Crippen LogP) is 2.76. The van der Waals surface area contributed by atoms with Crippen molar-refractivity contribution < 1.29 is 9.53 Å². The Labute approximate surface area is 182 Å². The second-order valence-electron chi connectivity index (χ2n) is 8.20. The monoisotopic (exact) mass is 497 g/mol. The molecular formula is C19H40IN5O2. The van der Waals surface area contributed by atoms with Crippen LogP contribution in [0.25, 0.3) is 0 Å². The molecule has 0 unspecified atom stereocenters. The first-order valence-corrected chi connectivity index (χ1v) is 9.93. The van der Waals surface area contributed by atoms with Crippen LogP contribution in [0.3, 0.4) is 0 Å². The van der Waals surface area contributed by atoms with E-state index in [4.69, 9.17) is 4.74 Å². The van der Waals surface area contributed by atoms with Crippen LogP contribution >= 0.6 is 24.0 Å². The maximum absolute atomic E-state index is 12.1. The van der Waals surface area contributed by atoms with E-state index in [0.29, 0.717) is 5.92 Å². The van der Waals surface area contributed by atoms with Crippen molar-refractivity contribution >= 4 is 36.0 Å². The van der Waals surface area contributed by atoms with Crippen molar-refractivity contribution in [2.45, 2.75) is 53.6 Å². The highest BCUT2D eigenvalue weighted by molar-refractivity contribution is 14.0. The molecule has 7 nitrogen and oxygen atoms in total. The van der Waals surface area contributed by atoms with Crippen LogP contribution in [0.15, 0.2) is 4.99 Å². The number of guanidine groups is 1. The Morgan fingerprint density at radius 2 is 1.78 bits per heavy atom. The fraction of sp³-hybridized carbons (Fsp3) is 0.895. The van der Waals surface area contributed by atoms with Gasteiger partial charge in [0.25, 0.3) is 0 Å². The number of piperazine rings is 1. The Hall–Kier alpha value is -0.770. The molecule has 0 aromatic heterocycles. The smallest absolute Gasteiger partial charge is 0.410 e. The van der Waals surface area contributed by atoms with Crippen LogP contribution in [0.1, 0.15) is 48.0 Å². The molecule has 27 heavy (non-hydrogen) atoms. The number of carbonyl (C=O) groups is 1. The third-order valence-electron chi connectivity index (χ3n) is 3.93. The second-order valence-corrected chi connectivity index (χ2v) is 8.20. The summed E-state index contributed by atoms with van der Waals surface area (Å²) in [7, 11) is 0. The largest absolute Gasteiger partial charge is 0.444 e. The van der Waals surface area contributed by atoms with E-state index >= 15 is 0 Å². The number of carbonyl (C=O) groups excluding carboxylic acids is 1. The summed E-state index contributed by atoms with van der Waals surface area (Å²) in [4.78, 5) is 20.9. The molecular weight excluding hydrogens is 457 g/mol. The zero-order valence-electron chi connectivity index (χ0n) is 18.0. The molecule has 0 atom stereocenters. The van der Waals surface area contributed by atoms with Gasteiger partial charge in [0.15, 0.2) is 5.96 Å². The summed E-state index contributed by atoms with van der Waals surface area (Å²) in [6.45, 7) is 19.0. The molecule has 1 aliphatic heterocycles. The van der Waals surface area contributed by atoms with Gasteiger partial charge in [0.1, 0.15) is 5.60 Å². The zero-order valence-corrected chi connectivity index (χ0v) is 20.3. The number of hydrogen-bond acceptors (Lipinski definition) is 4. The average Bonchev–Trinajstić information content (AvgIpc) is 2.55. The minimum atomic E-state index is -0.429. The van der Waals surface area contributed by atoms with Crippen molar-refractivity contribution in [1.82, 2.24) is 20.4 Å². The van der Waals surface area contributed by atoms with Gasteiger partial charge >= 0.3 is 6.09 Å². The Morgan fingerprint density at radius 1 is 1.15 bits per heavy atom. The molecule has 0 aliphatic carbocycles. The SMILES string of the molecule is CCNC(=NCC(C)C)NCCCN1CCN(C(=O)OC(C)(C)C)CC1.I. The van der Waals surface area contributed by atoms with E-state index in [-0.39, 0.29) is 30.1 Å². The summed E-state index contributed by atoms with van der Waals surface area (Å²) in [5.74, 6) is 1.46. The first-order valence-electron chi connectivity index (χ1n) is 9.93. The van der Waals surface area contributed by atoms with Crippen LogP contribution in [-0.4, -0.2) is 79.8 Å². The van der Waals surface area contributed by atoms with E-state index < -0.39 is 5.60 Å². The minimum Gasteiger partial charge on any atom is -0.444 e. The number of amides is 1. The normalized spacial score (nSPS) is 16.1. The Kier molecular flexibility index (Phi) is 13.0. The number of aliphatic imine (C=N–C) groups is 1. The summed E-state index contributed by atoms with van der Waals surface area (Å²) in [5, 5.41) is 6.68. The summed E-state index contributed by atoms with van der Waals surface area (Å²) >= 11 is 0. The third kappa shape index (κ3) is 12.3. The Balaban J connectivity index is 0.00000676. The number of rotatable bonds is 7. The second kappa shape index (κ2) is 13.4. The van der Waals surface area contributed by atoms with E-state index in [0.717, 1.165) is 64.7 Å². The van der Waals surface area contributed by atoms with Gasteiger partial charge in [-0.25, -0.2) is 4.79 Å². The van der Waals surface area contributed by atoms with E-state index in [1.165, 1.54) is 0 Å². The molecule has 1 heterocycles. The first kappa shape index (κ1) is 26.2. The molecule has 8 heteroatoms. The number of nitrogens with zero attached hydrogens (tertiary/aromatic N) is 3. The highest BCUT2D eigenvalue weighted by Gasteiger charge is 2.25. The summed E-state index contributed by atoms with van der Waals surface area (Å²) in [6.07, 6.45) is 0.855. The van der Waals surface area contributed by atoms with E-state index in [9.17, 15) is 4.79 Å². The van der Waals surface area contributed by atoms with Crippen molar-refractivity contribution in [3.05, 3.63) is 0 Å². The van der Waals surface area contributed by atoms with Gasteiger partial charge in [-0.3, -0.25) is 9.89 Å². The van der Waals surface area contributed by atoms with Crippen LogP contribution in [-0.2, 0) is 4.74 Å². The molecule has 1 saturated heterocycles. The van der Waals surface area contributed by atoms with Crippen molar-refractivity contribution in [2.24, 2.45) is 10.9 Å². The highest BCUT2D eigenvalue weighted by atomic mass is 127. The topological polar surface area (TPSA) is 69.2 Å². The zero-order chi connectivity index (χ0) is 19.6. The third-order valence-corrected chi connectivity index (χ3v) is 3.93. The maximum Gasteiger partial charge on any atom is 0.410 e. The van der Waals surface area contributed by atoms with E-state index in [1.807, 2.05) is 25.7 Å². The lowest BCUT2D eigenvalue weighted by molar-refractivity contribution is 0.0145. The summed E-state index contributed by atoms with van der Waals surface area (Å²) in [6, 6.07) is 0. The number of hydrogen-bond donors (Lipinski definition) is 2. The van der Waals surface area contributed by atoms with Crippen molar-refractivity contribution in [2.75, 3.05) is 52.4 Å². The van der Waals surface area contributed by atoms with Gasteiger partial charge in [0.05, 0.1) is 0 Å². The molecule has 1 aliphatic rings. The van der Waals surface area contributed by atoms with Gasteiger partial charge in [-0.05, 0) is 46.6 Å².